The number of piperazine rings is 1. The zero-order valence-corrected chi connectivity index (χ0v) is 23.4. The van der Waals surface area contributed by atoms with Crippen LogP contribution in [0.4, 0.5) is 16.3 Å². The van der Waals surface area contributed by atoms with Crippen LogP contribution in [-0.2, 0) is 4.79 Å². The van der Waals surface area contributed by atoms with E-state index in [4.69, 9.17) is 9.72 Å². The van der Waals surface area contributed by atoms with Crippen molar-refractivity contribution in [3.05, 3.63) is 90.6 Å². The average molecular weight is 555 g/mol. The molecule has 2 atom stereocenters. The number of ether oxygens (including phenoxy) is 1. The third kappa shape index (κ3) is 7.18. The monoisotopic (exact) mass is 554 g/mol. The highest BCUT2D eigenvalue weighted by atomic mass is 16.5. The Labute approximate surface area is 239 Å². The predicted octanol–water partition coefficient (Wildman–Crippen LogP) is 3.93. The first-order chi connectivity index (χ1) is 19.8. The molecule has 2 aromatic heterocycles. The molecule has 1 aliphatic rings. The van der Waals surface area contributed by atoms with Crippen molar-refractivity contribution in [1.29, 1.82) is 0 Å². The van der Waals surface area contributed by atoms with E-state index >= 15 is 0 Å². The van der Waals surface area contributed by atoms with E-state index in [2.05, 4.69) is 25.5 Å². The molecule has 2 N–H and O–H groups in total. The molecule has 2 aromatic carbocycles. The first-order valence-electron chi connectivity index (χ1n) is 13.6. The number of aromatic nitrogens is 4. The van der Waals surface area contributed by atoms with Gasteiger partial charge in [-0.25, -0.2) is 14.8 Å². The molecule has 212 valence electrons. The standard InChI is InChI=1S/C30H34N8O3/c1-21-9-11-26(12-10-21)41-23(3)33-28(39)18-25-19-36(30(40)34-24-7-5-4-6-8-24)15-16-38(25)27-17-22(2)32-29(35-27)37-14-13-31-20-37/h4-14,17,20,23,25H,15-16,18-19H2,1-3H3,(H,33,39)(H,34,40). The summed E-state index contributed by atoms with van der Waals surface area (Å²) in [5.41, 5.74) is 2.63. The van der Waals surface area contributed by atoms with Crippen molar-refractivity contribution in [2.24, 2.45) is 0 Å². The van der Waals surface area contributed by atoms with Gasteiger partial charge in [0, 0.05) is 55.9 Å². The molecule has 0 spiro atoms. The smallest absolute Gasteiger partial charge is 0.321 e. The highest BCUT2D eigenvalue weighted by molar-refractivity contribution is 5.89. The lowest BCUT2D eigenvalue weighted by Gasteiger charge is -2.42. The highest BCUT2D eigenvalue weighted by Crippen LogP contribution is 2.23. The Balaban J connectivity index is 1.33. The zero-order valence-electron chi connectivity index (χ0n) is 23.4. The number of rotatable bonds is 8. The van der Waals surface area contributed by atoms with Gasteiger partial charge < -0.3 is 25.2 Å². The number of hydrogen-bond donors (Lipinski definition) is 2. The second kappa shape index (κ2) is 12.5. The van der Waals surface area contributed by atoms with E-state index in [9.17, 15) is 9.59 Å². The van der Waals surface area contributed by atoms with Gasteiger partial charge >= 0.3 is 6.03 Å². The maximum atomic E-state index is 13.2. The van der Waals surface area contributed by atoms with Crippen LogP contribution in [0.5, 0.6) is 5.75 Å². The summed E-state index contributed by atoms with van der Waals surface area (Å²) in [7, 11) is 0. The van der Waals surface area contributed by atoms with Crippen LogP contribution in [0.25, 0.3) is 5.95 Å². The Kier molecular flexibility index (Phi) is 8.42. The fourth-order valence-electron chi connectivity index (χ4n) is 4.77. The normalized spacial score (nSPS) is 15.7. The largest absolute Gasteiger partial charge is 0.471 e. The van der Waals surface area contributed by atoms with Gasteiger partial charge in [0.25, 0.3) is 0 Å². The van der Waals surface area contributed by atoms with Gasteiger partial charge in [-0.1, -0.05) is 35.9 Å². The molecule has 0 radical (unpaired) electrons. The Bertz CT molecular complexity index is 1460. The van der Waals surface area contributed by atoms with E-state index in [0.717, 1.165) is 11.3 Å². The highest BCUT2D eigenvalue weighted by Gasteiger charge is 2.33. The van der Waals surface area contributed by atoms with Crippen molar-refractivity contribution in [1.82, 2.24) is 29.7 Å². The van der Waals surface area contributed by atoms with Gasteiger partial charge in [0.15, 0.2) is 6.23 Å². The molecule has 5 rings (SSSR count). The molecule has 3 heterocycles. The summed E-state index contributed by atoms with van der Waals surface area (Å²) < 4.78 is 7.63. The molecule has 11 heteroatoms. The Morgan fingerprint density at radius 3 is 2.56 bits per heavy atom. The predicted molar refractivity (Wildman–Crippen MR) is 156 cm³/mol. The van der Waals surface area contributed by atoms with Gasteiger partial charge in [0.1, 0.15) is 17.9 Å². The van der Waals surface area contributed by atoms with E-state index in [1.807, 2.05) is 74.5 Å². The lowest BCUT2D eigenvalue weighted by Crippen LogP contribution is -2.57. The minimum absolute atomic E-state index is 0.139. The minimum atomic E-state index is -0.533. The van der Waals surface area contributed by atoms with Crippen LogP contribution in [0.15, 0.2) is 79.4 Å². The number of imidazole rings is 1. The molecule has 4 aromatic rings. The summed E-state index contributed by atoms with van der Waals surface area (Å²) >= 11 is 0. The number of nitrogens with zero attached hydrogens (tertiary/aromatic N) is 6. The molecule has 0 bridgehead atoms. The van der Waals surface area contributed by atoms with Crippen molar-refractivity contribution in [2.45, 2.75) is 39.5 Å². The zero-order chi connectivity index (χ0) is 28.8. The lowest BCUT2D eigenvalue weighted by molar-refractivity contribution is -0.123. The summed E-state index contributed by atoms with van der Waals surface area (Å²) in [5, 5.41) is 5.89. The van der Waals surface area contributed by atoms with Gasteiger partial charge in [-0.2, -0.15) is 4.98 Å². The molecule has 1 saturated heterocycles. The Morgan fingerprint density at radius 1 is 1.05 bits per heavy atom. The lowest BCUT2D eigenvalue weighted by atomic mass is 10.1. The van der Waals surface area contributed by atoms with Gasteiger partial charge in [-0.15, -0.1) is 0 Å². The number of carbonyl (C=O) groups excluding carboxylic acids is 2. The summed E-state index contributed by atoms with van der Waals surface area (Å²) in [6, 6.07) is 18.3. The summed E-state index contributed by atoms with van der Waals surface area (Å²) in [6.45, 7) is 7.00. The summed E-state index contributed by atoms with van der Waals surface area (Å²) in [6.07, 6.45) is 4.70. The van der Waals surface area contributed by atoms with E-state index in [0.29, 0.717) is 42.8 Å². The fourth-order valence-corrected chi connectivity index (χ4v) is 4.77. The van der Waals surface area contributed by atoms with Crippen LogP contribution in [-0.4, -0.2) is 68.3 Å². The number of nitrogens with one attached hydrogen (secondary N) is 2. The maximum Gasteiger partial charge on any atom is 0.321 e. The summed E-state index contributed by atoms with van der Waals surface area (Å²) in [5.74, 6) is 1.66. The number of urea groups is 1. The van der Waals surface area contributed by atoms with E-state index in [1.54, 1.807) is 35.1 Å². The number of aryl methyl sites for hydroxylation is 2. The molecule has 1 aliphatic heterocycles. The fraction of sp³-hybridized carbons (Fsp3) is 0.300. The second-order valence-corrected chi connectivity index (χ2v) is 10.1. The number of hydrogen-bond acceptors (Lipinski definition) is 7. The van der Waals surface area contributed by atoms with Crippen LogP contribution in [0.1, 0.15) is 24.6 Å². The molecule has 1 fully saturated rings. The van der Waals surface area contributed by atoms with Crippen LogP contribution in [0.3, 0.4) is 0 Å². The number of carbonyl (C=O) groups is 2. The minimum Gasteiger partial charge on any atom is -0.471 e. The summed E-state index contributed by atoms with van der Waals surface area (Å²) in [4.78, 5) is 43.6. The van der Waals surface area contributed by atoms with E-state index in [-0.39, 0.29) is 24.4 Å². The van der Waals surface area contributed by atoms with Crippen molar-refractivity contribution < 1.29 is 14.3 Å². The van der Waals surface area contributed by atoms with Crippen LogP contribution in [0.2, 0.25) is 0 Å². The molecule has 41 heavy (non-hydrogen) atoms. The van der Waals surface area contributed by atoms with E-state index < -0.39 is 6.23 Å². The third-order valence-corrected chi connectivity index (χ3v) is 6.77. The first-order valence-corrected chi connectivity index (χ1v) is 13.6. The number of benzene rings is 2. The van der Waals surface area contributed by atoms with Crippen molar-refractivity contribution in [2.75, 3.05) is 29.9 Å². The molecule has 0 saturated carbocycles. The molecule has 0 aliphatic carbocycles. The molecule has 3 amide bonds. The third-order valence-electron chi connectivity index (χ3n) is 6.77. The number of para-hydroxylation sites is 1. The van der Waals surface area contributed by atoms with Crippen molar-refractivity contribution in [3.8, 4) is 11.7 Å². The SMILES string of the molecule is Cc1ccc(OC(C)NC(=O)CC2CN(C(=O)Nc3ccccc3)CCN2c2cc(C)nc(-n3ccnc3)n2)cc1. The van der Waals surface area contributed by atoms with E-state index in [1.165, 1.54) is 0 Å². The topological polar surface area (TPSA) is 118 Å². The quantitative estimate of drug-likeness (QED) is 0.317. The van der Waals surface area contributed by atoms with Crippen LogP contribution in [0, 0.1) is 13.8 Å². The van der Waals surface area contributed by atoms with Gasteiger partial charge in [0.05, 0.1) is 6.04 Å². The van der Waals surface area contributed by atoms with Crippen molar-refractivity contribution in [3.63, 3.8) is 0 Å². The van der Waals surface area contributed by atoms with Crippen LogP contribution >= 0.6 is 0 Å². The molecular weight excluding hydrogens is 520 g/mol. The van der Waals surface area contributed by atoms with Gasteiger partial charge in [-0.3, -0.25) is 9.36 Å². The molecule has 11 nitrogen and oxygen atoms in total. The molecular formula is C30H34N8O3. The van der Waals surface area contributed by atoms with Gasteiger partial charge in [0.2, 0.25) is 11.9 Å². The second-order valence-electron chi connectivity index (χ2n) is 10.1. The van der Waals surface area contributed by atoms with Crippen molar-refractivity contribution >= 4 is 23.4 Å². The van der Waals surface area contributed by atoms with Crippen LogP contribution < -0.4 is 20.3 Å². The molecule has 2 unspecified atom stereocenters. The van der Waals surface area contributed by atoms with Gasteiger partial charge in [-0.05, 0) is 45.0 Å². The maximum absolute atomic E-state index is 13.2. The average Bonchev–Trinajstić information content (AvgIpc) is 3.50. The Morgan fingerprint density at radius 2 is 1.83 bits per heavy atom. The first kappa shape index (κ1) is 27.6. The Hall–Kier alpha value is -4.93. The number of amides is 3. The number of anilines is 2.